The summed E-state index contributed by atoms with van der Waals surface area (Å²) in [6, 6.07) is 26.4. The third kappa shape index (κ3) is 3.98. The van der Waals surface area contributed by atoms with Crippen molar-refractivity contribution in [2.75, 3.05) is 0 Å². The molecule has 4 aromatic carbocycles. The Kier molecular flexibility index (Phi) is 6.03. The van der Waals surface area contributed by atoms with Gasteiger partial charge < -0.3 is 0 Å². The molecule has 240 valence electrons. The van der Waals surface area contributed by atoms with Gasteiger partial charge in [-0.3, -0.25) is 14.4 Å². The molecule has 0 atom stereocenters. The van der Waals surface area contributed by atoms with Gasteiger partial charge in [0, 0.05) is 48.6 Å². The highest BCUT2D eigenvalue weighted by atomic mass is 32.1. The van der Waals surface area contributed by atoms with E-state index < -0.39 is 0 Å². The van der Waals surface area contributed by atoms with E-state index >= 15 is 0 Å². The summed E-state index contributed by atoms with van der Waals surface area (Å²) in [5, 5.41) is 4.24. The van der Waals surface area contributed by atoms with Gasteiger partial charge in [0.25, 0.3) is 0 Å². The van der Waals surface area contributed by atoms with Gasteiger partial charge in [0.2, 0.25) is 0 Å². The van der Waals surface area contributed by atoms with Crippen LogP contribution in [0.1, 0.15) is 84.1 Å². The molecule has 0 bridgehead atoms. The molecule has 11 rings (SSSR count). The minimum absolute atomic E-state index is 0.143. The number of benzene rings is 4. The average molecular weight is 701 g/mol. The van der Waals surface area contributed by atoms with Crippen LogP contribution in [0, 0.1) is 0 Å². The number of Topliss-reactive ketones (excluding diaryl/α,β-unsaturated/α-hetero) is 3. The Hall–Kier alpha value is -4.75. The van der Waals surface area contributed by atoms with Gasteiger partial charge in [-0.05, 0) is 93.6 Å². The first kappa shape index (κ1) is 29.0. The topological polar surface area (TPSA) is 51.2 Å². The molecule has 0 radical (unpaired) electrons. The van der Waals surface area contributed by atoms with E-state index in [1.54, 1.807) is 11.3 Å². The molecule has 3 aromatic heterocycles. The highest BCUT2D eigenvalue weighted by molar-refractivity contribution is 7.39. The molecule has 4 aliphatic carbocycles. The Morgan fingerprint density at radius 1 is 0.600 bits per heavy atom. The van der Waals surface area contributed by atoms with Crippen LogP contribution in [0.15, 0.2) is 102 Å². The van der Waals surface area contributed by atoms with Crippen LogP contribution < -0.4 is 0 Å². The maximum absolute atomic E-state index is 13.8. The number of hydrogen-bond donors (Lipinski definition) is 0. The fraction of sp³-hybridized carbons (Fsp3) is 0.159. The fourth-order valence-electron chi connectivity index (χ4n) is 9.03. The number of hydrogen-bond acceptors (Lipinski definition) is 6. The summed E-state index contributed by atoms with van der Waals surface area (Å²) in [6.07, 6.45) is 12.6. The Bertz CT molecular complexity index is 2770. The van der Waals surface area contributed by atoms with Crippen molar-refractivity contribution in [1.82, 2.24) is 0 Å². The summed E-state index contributed by atoms with van der Waals surface area (Å²) in [6.45, 7) is 0. The first-order chi connectivity index (χ1) is 24.4. The zero-order valence-corrected chi connectivity index (χ0v) is 29.4. The lowest BCUT2D eigenvalue weighted by Gasteiger charge is -2.36. The number of thiophene rings is 3. The maximum Gasteiger partial charge on any atom is 0.197 e. The number of allylic oxidation sites excluding steroid dienone is 4. The second kappa shape index (κ2) is 10.4. The van der Waals surface area contributed by atoms with Gasteiger partial charge in [0.15, 0.2) is 17.3 Å². The summed E-state index contributed by atoms with van der Waals surface area (Å²) in [4.78, 5) is 43.4. The number of carbonyl (C=O) groups is 3. The van der Waals surface area contributed by atoms with E-state index in [1.807, 2.05) is 77.3 Å². The lowest BCUT2D eigenvalue weighted by Crippen LogP contribution is -2.29. The van der Waals surface area contributed by atoms with Gasteiger partial charge in [-0.15, -0.1) is 34.0 Å². The minimum Gasteiger partial charge on any atom is -0.289 e. The third-order valence-corrected chi connectivity index (χ3v) is 15.2. The van der Waals surface area contributed by atoms with Gasteiger partial charge in [-0.1, -0.05) is 73.9 Å². The molecule has 0 N–H and O–H groups in total. The van der Waals surface area contributed by atoms with Crippen LogP contribution in [0.25, 0.3) is 52.5 Å². The van der Waals surface area contributed by atoms with E-state index in [9.17, 15) is 14.4 Å². The molecule has 4 aliphatic rings. The summed E-state index contributed by atoms with van der Waals surface area (Å²) in [5.41, 5.74) is 6.52. The van der Waals surface area contributed by atoms with Crippen LogP contribution in [0.3, 0.4) is 0 Å². The lowest BCUT2D eigenvalue weighted by molar-refractivity contribution is 0.0986. The number of ketones is 3. The van der Waals surface area contributed by atoms with E-state index in [1.165, 1.54) is 41.0 Å². The smallest absolute Gasteiger partial charge is 0.197 e. The van der Waals surface area contributed by atoms with Crippen LogP contribution in [-0.4, -0.2) is 17.3 Å². The standard InChI is InChI=1S/C44H28O3S3/c45-38-28(15-27-14-23-8-2-3-9-24(23)17-31(27)38)16-30-22-36-41(48-30)43-42(50-36)37-35(49-43)21-29(44(37)12-6-1-7-13-44)20-34-39(46)32-18-25-10-4-5-11-26(25)19-33(32)40(34)47/h2-5,8-11,14,16-22H,1,6-7,12-13,15H2/b28-16+. The molecule has 0 aliphatic heterocycles. The first-order valence-electron chi connectivity index (χ1n) is 17.3. The summed E-state index contributed by atoms with van der Waals surface area (Å²) < 4.78 is 5.25. The normalized spacial score (nSPS) is 18.7. The second-order valence-corrected chi connectivity index (χ2v) is 17.4. The maximum atomic E-state index is 13.8. The quantitative estimate of drug-likeness (QED) is 0.133. The van der Waals surface area contributed by atoms with Gasteiger partial charge in [-0.2, -0.15) is 0 Å². The minimum atomic E-state index is -0.178. The monoisotopic (exact) mass is 700 g/mol. The van der Waals surface area contributed by atoms with E-state index in [-0.39, 0.29) is 22.8 Å². The molecule has 7 aromatic rings. The average Bonchev–Trinajstić information content (AvgIpc) is 3.94. The Labute approximate surface area is 299 Å². The summed E-state index contributed by atoms with van der Waals surface area (Å²) in [7, 11) is 0. The zero-order valence-electron chi connectivity index (χ0n) is 26.9. The second-order valence-electron chi connectivity index (χ2n) is 14.2. The highest BCUT2D eigenvalue weighted by Crippen LogP contribution is 2.60. The van der Waals surface area contributed by atoms with Gasteiger partial charge in [0.1, 0.15) is 0 Å². The zero-order chi connectivity index (χ0) is 33.3. The van der Waals surface area contributed by atoms with Crippen LogP contribution >= 0.6 is 34.0 Å². The summed E-state index contributed by atoms with van der Waals surface area (Å²) in [5.74, 6) is -0.166. The molecule has 1 spiro atoms. The van der Waals surface area contributed by atoms with Crippen molar-refractivity contribution >= 4 is 104 Å². The van der Waals surface area contributed by atoms with Gasteiger partial charge in [-0.25, -0.2) is 0 Å². The van der Waals surface area contributed by atoms with Crippen LogP contribution in [0.2, 0.25) is 0 Å². The number of carbonyl (C=O) groups excluding carboxylic acids is 3. The molecule has 6 heteroatoms. The van der Waals surface area contributed by atoms with Crippen molar-refractivity contribution in [3.05, 3.63) is 139 Å². The molecule has 0 saturated heterocycles. The van der Waals surface area contributed by atoms with E-state index in [4.69, 9.17) is 0 Å². The van der Waals surface area contributed by atoms with Crippen molar-refractivity contribution in [3.8, 4) is 0 Å². The number of fused-ring (bicyclic) bond motifs is 10. The predicted molar refractivity (Wildman–Crippen MR) is 208 cm³/mol. The molecule has 3 heterocycles. The van der Waals surface area contributed by atoms with E-state index in [2.05, 4.69) is 42.5 Å². The lowest BCUT2D eigenvalue weighted by atomic mass is 9.67. The van der Waals surface area contributed by atoms with Gasteiger partial charge >= 0.3 is 0 Å². The van der Waals surface area contributed by atoms with Crippen molar-refractivity contribution in [3.63, 3.8) is 0 Å². The predicted octanol–water partition coefficient (Wildman–Crippen LogP) is 11.9. The van der Waals surface area contributed by atoms with E-state index in [0.717, 1.165) is 69.0 Å². The Morgan fingerprint density at radius 2 is 1.24 bits per heavy atom. The number of rotatable bonds is 2. The largest absolute Gasteiger partial charge is 0.289 e. The van der Waals surface area contributed by atoms with E-state index in [0.29, 0.717) is 23.1 Å². The van der Waals surface area contributed by atoms with Crippen molar-refractivity contribution < 1.29 is 14.4 Å². The third-order valence-electron chi connectivity index (χ3n) is 11.4. The van der Waals surface area contributed by atoms with Crippen molar-refractivity contribution in [1.29, 1.82) is 0 Å². The van der Waals surface area contributed by atoms with Crippen molar-refractivity contribution in [2.24, 2.45) is 0 Å². The van der Waals surface area contributed by atoms with Crippen LogP contribution in [0.4, 0.5) is 0 Å². The molecule has 3 nitrogen and oxygen atoms in total. The molecule has 1 fully saturated rings. The van der Waals surface area contributed by atoms with Crippen LogP contribution in [0.5, 0.6) is 0 Å². The highest BCUT2D eigenvalue weighted by Gasteiger charge is 2.46. The first-order valence-corrected chi connectivity index (χ1v) is 19.7. The van der Waals surface area contributed by atoms with Crippen LogP contribution in [-0.2, 0) is 11.8 Å². The SMILES string of the molecule is O=C1/C(=C/c2cc3sc4c5c(sc4c3s2)C=C(C=C2C(=O)c3cc4ccccc4cc3C2=O)C52CCCCC2)Cc2cc3ccccc3cc21. The van der Waals surface area contributed by atoms with Crippen molar-refractivity contribution in [2.45, 2.75) is 43.9 Å². The molecular weight excluding hydrogens is 673 g/mol. The molecule has 50 heavy (non-hydrogen) atoms. The fourth-order valence-corrected chi connectivity index (χ4v) is 13.4. The molecule has 1 saturated carbocycles. The Balaban J connectivity index is 0.979. The van der Waals surface area contributed by atoms with Gasteiger partial charge in [0.05, 0.1) is 19.7 Å². The molecular formula is C44H28O3S3. The summed E-state index contributed by atoms with van der Waals surface area (Å²) >= 11 is 5.50. The molecule has 0 unspecified atom stereocenters. The molecule has 0 amide bonds. The Morgan fingerprint density at radius 3 is 1.92 bits per heavy atom.